The molecule has 0 fully saturated rings. The van der Waals surface area contributed by atoms with Crippen LogP contribution in [-0.4, -0.2) is 48.9 Å². The van der Waals surface area contributed by atoms with E-state index in [0.29, 0.717) is 0 Å². The van der Waals surface area contributed by atoms with Crippen LogP contribution in [0, 0.1) is 0 Å². The van der Waals surface area contributed by atoms with Crippen molar-refractivity contribution in [1.82, 2.24) is 10.6 Å². The molecule has 0 aromatic rings. The second-order valence-electron chi connectivity index (χ2n) is 5.63. The summed E-state index contributed by atoms with van der Waals surface area (Å²) in [6.07, 6.45) is 0. The van der Waals surface area contributed by atoms with Crippen molar-refractivity contribution in [2.75, 3.05) is 26.2 Å². The van der Waals surface area contributed by atoms with Gasteiger partial charge in [-0.1, -0.05) is 0 Å². The van der Waals surface area contributed by atoms with E-state index in [2.05, 4.69) is 30.8 Å². The molecule has 2 N–H and O–H groups in total. The van der Waals surface area contributed by atoms with E-state index in [9.17, 15) is 0 Å². The normalized spacial score (nSPS) is 20.7. The Morgan fingerprint density at radius 2 is 1.28 bits per heavy atom. The van der Waals surface area contributed by atoms with Gasteiger partial charge in [-0.2, -0.15) is 10.2 Å². The van der Waals surface area contributed by atoms with Crippen LogP contribution >= 0.6 is 0 Å². The lowest BCUT2D eigenvalue weighted by molar-refractivity contribution is 0.552. The maximum Gasteiger partial charge on any atom is 0.133 e. The molecule has 18 heavy (non-hydrogen) atoms. The molecule has 0 spiro atoms. The maximum absolute atomic E-state index is 4.47. The monoisotopic (exact) mass is 254 g/mol. The fourth-order valence-electron chi connectivity index (χ4n) is 1.96. The second kappa shape index (κ2) is 4.66. The highest BCUT2D eigenvalue weighted by Gasteiger charge is 2.31. The summed E-state index contributed by atoms with van der Waals surface area (Å²) in [7, 11) is 0. The molecule has 0 saturated heterocycles. The number of nitrogens with one attached hydrogen (secondary N) is 2. The Morgan fingerprint density at radius 1 is 0.889 bits per heavy atom. The van der Waals surface area contributed by atoms with Crippen LogP contribution < -0.4 is 10.6 Å². The number of azo groups is 1. The summed E-state index contributed by atoms with van der Waals surface area (Å²) in [5, 5.41) is 15.4. The van der Waals surface area contributed by atoms with Crippen molar-refractivity contribution in [2.24, 2.45) is 20.2 Å². The van der Waals surface area contributed by atoms with Crippen LogP contribution in [0.5, 0.6) is 0 Å². The van der Waals surface area contributed by atoms with Gasteiger partial charge in [-0.3, -0.25) is 9.98 Å². The standard InChI is InChI=1S/C12H22N6.2H2/c1-11(2,9-13-5-6-14-9)17-18-12(3,4)10-15-7-8-16-10;;/h5-8H2,1-4H3,(H,13,14)(H,15,16);2*1H. The lowest BCUT2D eigenvalue weighted by atomic mass is 10.0. The van der Waals surface area contributed by atoms with Crippen molar-refractivity contribution in [3.63, 3.8) is 0 Å². The first-order valence-electron chi connectivity index (χ1n) is 6.43. The van der Waals surface area contributed by atoms with Gasteiger partial charge in [0.25, 0.3) is 0 Å². The molecule has 0 saturated carbocycles. The molecular formula is C12H26N6. The highest BCUT2D eigenvalue weighted by atomic mass is 15.3. The van der Waals surface area contributed by atoms with E-state index >= 15 is 0 Å². The van der Waals surface area contributed by atoms with Crippen molar-refractivity contribution in [3.8, 4) is 0 Å². The van der Waals surface area contributed by atoms with Crippen LogP contribution in [0.2, 0.25) is 0 Å². The Bertz CT molecular complexity index is 376. The molecule has 0 aromatic carbocycles. The SMILES string of the molecule is CC(C)(N=NC(C)(C)C1=NCCN1)C1=NCCN1.[HH].[HH]. The van der Waals surface area contributed by atoms with Crippen molar-refractivity contribution in [3.05, 3.63) is 0 Å². The van der Waals surface area contributed by atoms with Crippen LogP contribution in [0.25, 0.3) is 0 Å². The molecule has 2 heterocycles. The molecule has 2 rings (SSSR count). The third kappa shape index (κ3) is 2.68. The molecule has 0 aromatic heterocycles. The van der Waals surface area contributed by atoms with Crippen LogP contribution in [0.3, 0.4) is 0 Å². The van der Waals surface area contributed by atoms with Gasteiger partial charge in [0, 0.05) is 15.9 Å². The summed E-state index contributed by atoms with van der Waals surface area (Å²) in [6, 6.07) is 0. The van der Waals surface area contributed by atoms with Gasteiger partial charge in [0.05, 0.1) is 13.1 Å². The number of hydrogen-bond donors (Lipinski definition) is 2. The first-order valence-corrected chi connectivity index (χ1v) is 6.43. The molecule has 2 aliphatic rings. The summed E-state index contributed by atoms with van der Waals surface area (Å²) >= 11 is 0. The van der Waals surface area contributed by atoms with Crippen molar-refractivity contribution < 1.29 is 2.85 Å². The largest absolute Gasteiger partial charge is 0.370 e. The molecule has 0 bridgehead atoms. The van der Waals surface area contributed by atoms with Gasteiger partial charge in [-0.05, 0) is 27.7 Å². The molecule has 0 atom stereocenters. The third-order valence-electron chi connectivity index (χ3n) is 3.06. The van der Waals surface area contributed by atoms with Gasteiger partial charge >= 0.3 is 0 Å². The van der Waals surface area contributed by atoms with Gasteiger partial charge < -0.3 is 10.6 Å². The van der Waals surface area contributed by atoms with E-state index in [-0.39, 0.29) is 2.85 Å². The predicted molar refractivity (Wildman–Crippen MR) is 77.9 cm³/mol. The van der Waals surface area contributed by atoms with E-state index in [1.54, 1.807) is 0 Å². The third-order valence-corrected chi connectivity index (χ3v) is 3.06. The number of nitrogens with zero attached hydrogens (tertiary/aromatic N) is 4. The van der Waals surface area contributed by atoms with Gasteiger partial charge in [0.2, 0.25) is 0 Å². The molecule has 6 nitrogen and oxygen atoms in total. The Kier molecular flexibility index (Phi) is 3.36. The first kappa shape index (κ1) is 13.0. The van der Waals surface area contributed by atoms with E-state index in [4.69, 9.17) is 0 Å². The average molecular weight is 254 g/mol. The van der Waals surface area contributed by atoms with Crippen molar-refractivity contribution >= 4 is 11.7 Å². The molecule has 104 valence electrons. The Hall–Kier alpha value is -1.46. The molecule has 2 aliphatic heterocycles. The van der Waals surface area contributed by atoms with E-state index < -0.39 is 11.1 Å². The smallest absolute Gasteiger partial charge is 0.133 e. The molecule has 0 unspecified atom stereocenters. The van der Waals surface area contributed by atoms with Crippen LogP contribution in [0.1, 0.15) is 30.5 Å². The zero-order valence-corrected chi connectivity index (χ0v) is 11.6. The molecular weight excluding hydrogens is 228 g/mol. The quantitative estimate of drug-likeness (QED) is 0.746. The topological polar surface area (TPSA) is 73.5 Å². The second-order valence-corrected chi connectivity index (χ2v) is 5.63. The van der Waals surface area contributed by atoms with Crippen molar-refractivity contribution in [1.29, 1.82) is 0 Å². The lowest BCUT2D eigenvalue weighted by Crippen LogP contribution is -2.41. The van der Waals surface area contributed by atoms with Crippen LogP contribution in [0.15, 0.2) is 20.2 Å². The Morgan fingerprint density at radius 3 is 1.56 bits per heavy atom. The highest BCUT2D eigenvalue weighted by molar-refractivity contribution is 5.93. The highest BCUT2D eigenvalue weighted by Crippen LogP contribution is 2.19. The zero-order chi connectivity index (χ0) is 13.2. The fraction of sp³-hybridized carbons (Fsp3) is 0.833. The molecule has 0 radical (unpaired) electrons. The van der Waals surface area contributed by atoms with Crippen LogP contribution in [0.4, 0.5) is 0 Å². The average Bonchev–Trinajstić information content (AvgIpc) is 2.99. The molecule has 0 amide bonds. The number of amidine groups is 2. The van der Waals surface area contributed by atoms with Gasteiger partial charge in [0.15, 0.2) is 0 Å². The van der Waals surface area contributed by atoms with Crippen LogP contribution in [-0.2, 0) is 0 Å². The van der Waals surface area contributed by atoms with Gasteiger partial charge in [0.1, 0.15) is 22.7 Å². The van der Waals surface area contributed by atoms with Gasteiger partial charge in [-0.25, -0.2) is 0 Å². The summed E-state index contributed by atoms with van der Waals surface area (Å²) in [5.74, 6) is 1.84. The minimum Gasteiger partial charge on any atom is -0.370 e. The zero-order valence-electron chi connectivity index (χ0n) is 11.6. The minimum atomic E-state index is -0.396. The lowest BCUT2D eigenvalue weighted by Gasteiger charge is -2.23. The Labute approximate surface area is 111 Å². The van der Waals surface area contributed by atoms with Crippen molar-refractivity contribution in [2.45, 2.75) is 38.8 Å². The van der Waals surface area contributed by atoms with E-state index in [1.165, 1.54) is 0 Å². The summed E-state index contributed by atoms with van der Waals surface area (Å²) in [4.78, 5) is 8.82. The van der Waals surface area contributed by atoms with Gasteiger partial charge in [-0.15, -0.1) is 0 Å². The summed E-state index contributed by atoms with van der Waals surface area (Å²) in [5.41, 5.74) is -0.792. The first-order chi connectivity index (χ1) is 8.42. The summed E-state index contributed by atoms with van der Waals surface area (Å²) < 4.78 is 0. The summed E-state index contributed by atoms with van der Waals surface area (Å²) in [6.45, 7) is 11.5. The van der Waals surface area contributed by atoms with E-state index in [0.717, 1.165) is 37.9 Å². The number of hydrogen-bond acceptors (Lipinski definition) is 6. The number of rotatable bonds is 4. The fourth-order valence-corrected chi connectivity index (χ4v) is 1.96. The predicted octanol–water partition coefficient (Wildman–Crippen LogP) is 1.49. The minimum absolute atomic E-state index is 0. The number of aliphatic imine (C=N–C) groups is 2. The Balaban J connectivity index is 0.00000180. The molecule has 6 heteroatoms. The maximum atomic E-state index is 4.47. The van der Waals surface area contributed by atoms with E-state index in [1.807, 2.05) is 27.7 Å². The molecule has 0 aliphatic carbocycles.